The van der Waals surface area contributed by atoms with Crippen molar-refractivity contribution in [3.63, 3.8) is 0 Å². The van der Waals surface area contributed by atoms with E-state index >= 15 is 0 Å². The fourth-order valence-corrected chi connectivity index (χ4v) is 3.53. The lowest BCUT2D eigenvalue weighted by Crippen LogP contribution is -2.26. The van der Waals surface area contributed by atoms with Crippen molar-refractivity contribution in [1.29, 1.82) is 0 Å². The monoisotopic (exact) mass is 349 g/mol. The molecular weight excluding hydrogens is 330 g/mol. The second kappa shape index (κ2) is 6.92. The van der Waals surface area contributed by atoms with Crippen LogP contribution in [0.3, 0.4) is 0 Å². The van der Waals surface area contributed by atoms with E-state index in [-0.39, 0.29) is 10.5 Å². The topological polar surface area (TPSA) is 72.9 Å². The van der Waals surface area contributed by atoms with Gasteiger partial charge in [0.2, 0.25) is 0 Å². The van der Waals surface area contributed by atoms with Crippen LogP contribution < -0.4 is 9.04 Å². The summed E-state index contributed by atoms with van der Waals surface area (Å²) >= 11 is 0. The quantitative estimate of drug-likeness (QED) is 0.776. The summed E-state index contributed by atoms with van der Waals surface area (Å²) in [4.78, 5) is 11.8. The van der Waals surface area contributed by atoms with Crippen LogP contribution in [-0.4, -0.2) is 35.7 Å². The highest BCUT2D eigenvalue weighted by Gasteiger charge is 2.23. The van der Waals surface area contributed by atoms with Gasteiger partial charge in [-0.2, -0.15) is 0 Å². The van der Waals surface area contributed by atoms with Gasteiger partial charge in [0.1, 0.15) is 5.75 Å². The van der Waals surface area contributed by atoms with Crippen molar-refractivity contribution in [3.05, 3.63) is 53.6 Å². The standard InChI is InChI=1S/C17H19NO5S/c1-12-10-15(8-9-16(12)22-3)24(20,21)18(2)14-7-5-6-13(11-14)17(19)23-4/h5-11H,1-4H3. The first-order valence-electron chi connectivity index (χ1n) is 7.13. The molecule has 0 amide bonds. The van der Waals surface area contributed by atoms with E-state index in [1.54, 1.807) is 37.3 Å². The minimum Gasteiger partial charge on any atom is -0.496 e. The van der Waals surface area contributed by atoms with Crippen LogP contribution in [0.25, 0.3) is 0 Å². The van der Waals surface area contributed by atoms with E-state index in [2.05, 4.69) is 4.74 Å². The molecular formula is C17H19NO5S. The van der Waals surface area contributed by atoms with Gasteiger partial charge in [0, 0.05) is 7.05 Å². The van der Waals surface area contributed by atoms with Gasteiger partial charge in [-0.05, 0) is 48.9 Å². The summed E-state index contributed by atoms with van der Waals surface area (Å²) in [6, 6.07) is 10.9. The van der Waals surface area contributed by atoms with Crippen molar-refractivity contribution < 1.29 is 22.7 Å². The molecule has 0 spiro atoms. The Morgan fingerprint density at radius 1 is 1.08 bits per heavy atom. The van der Waals surface area contributed by atoms with Gasteiger partial charge in [0.15, 0.2) is 0 Å². The molecule has 2 aromatic rings. The minimum absolute atomic E-state index is 0.145. The molecule has 2 aromatic carbocycles. The number of carbonyl (C=O) groups is 1. The maximum absolute atomic E-state index is 12.8. The molecule has 0 aliphatic rings. The fourth-order valence-electron chi connectivity index (χ4n) is 2.25. The first-order chi connectivity index (χ1) is 11.3. The summed E-state index contributed by atoms with van der Waals surface area (Å²) in [7, 11) is 0.475. The number of carbonyl (C=O) groups excluding carboxylic acids is 1. The second-order valence-electron chi connectivity index (χ2n) is 5.15. The zero-order valence-corrected chi connectivity index (χ0v) is 14.8. The third-order valence-corrected chi connectivity index (χ3v) is 5.44. The van der Waals surface area contributed by atoms with Crippen LogP contribution in [0.1, 0.15) is 15.9 Å². The van der Waals surface area contributed by atoms with Crippen molar-refractivity contribution in [2.75, 3.05) is 25.6 Å². The predicted octanol–water partition coefficient (Wildman–Crippen LogP) is 2.62. The largest absolute Gasteiger partial charge is 0.496 e. The van der Waals surface area contributed by atoms with Crippen LogP contribution in [0.15, 0.2) is 47.4 Å². The molecule has 7 heteroatoms. The lowest BCUT2D eigenvalue weighted by atomic mass is 10.2. The number of ether oxygens (including phenoxy) is 2. The van der Waals surface area contributed by atoms with Crippen LogP contribution >= 0.6 is 0 Å². The third kappa shape index (κ3) is 3.35. The van der Waals surface area contributed by atoms with Gasteiger partial charge >= 0.3 is 5.97 Å². The Morgan fingerprint density at radius 2 is 1.79 bits per heavy atom. The number of benzene rings is 2. The minimum atomic E-state index is -3.76. The molecule has 0 N–H and O–H groups in total. The normalized spacial score (nSPS) is 11.0. The third-order valence-electron chi connectivity index (χ3n) is 3.66. The summed E-state index contributed by atoms with van der Waals surface area (Å²) in [6.45, 7) is 1.77. The number of anilines is 1. The van der Waals surface area contributed by atoms with Crippen LogP contribution in [0.4, 0.5) is 5.69 Å². The van der Waals surface area contributed by atoms with Gasteiger partial charge in [-0.3, -0.25) is 4.31 Å². The van der Waals surface area contributed by atoms with Crippen molar-refractivity contribution in [1.82, 2.24) is 0 Å². The SMILES string of the molecule is COC(=O)c1cccc(N(C)S(=O)(=O)c2ccc(OC)c(C)c2)c1. The number of esters is 1. The van der Waals surface area contributed by atoms with Crippen LogP contribution in [0.2, 0.25) is 0 Å². The maximum Gasteiger partial charge on any atom is 0.337 e. The molecule has 0 unspecified atom stereocenters. The molecule has 0 heterocycles. The fraction of sp³-hybridized carbons (Fsp3) is 0.235. The van der Waals surface area contributed by atoms with Gasteiger partial charge in [-0.15, -0.1) is 0 Å². The van der Waals surface area contributed by atoms with E-state index in [1.807, 2.05) is 0 Å². The first-order valence-corrected chi connectivity index (χ1v) is 8.57. The first kappa shape index (κ1) is 17.8. The number of hydrogen-bond donors (Lipinski definition) is 0. The lowest BCUT2D eigenvalue weighted by Gasteiger charge is -2.20. The van der Waals surface area contributed by atoms with E-state index in [0.29, 0.717) is 11.4 Å². The van der Waals surface area contributed by atoms with Gasteiger partial charge in [-0.25, -0.2) is 13.2 Å². The summed E-state index contributed by atoms with van der Waals surface area (Å²) in [5.41, 5.74) is 1.37. The van der Waals surface area contributed by atoms with E-state index in [0.717, 1.165) is 9.87 Å². The van der Waals surface area contributed by atoms with Gasteiger partial charge < -0.3 is 9.47 Å². The number of rotatable bonds is 5. The highest BCUT2D eigenvalue weighted by atomic mass is 32.2. The highest BCUT2D eigenvalue weighted by molar-refractivity contribution is 7.92. The molecule has 0 bridgehead atoms. The number of aryl methyl sites for hydroxylation is 1. The number of sulfonamides is 1. The van der Waals surface area contributed by atoms with Crippen LogP contribution in [0.5, 0.6) is 5.75 Å². The van der Waals surface area contributed by atoms with Gasteiger partial charge in [0.05, 0.1) is 30.4 Å². The maximum atomic E-state index is 12.8. The Kier molecular flexibility index (Phi) is 5.14. The van der Waals surface area contributed by atoms with Crippen molar-refractivity contribution in [3.8, 4) is 5.75 Å². The summed E-state index contributed by atoms with van der Waals surface area (Å²) < 4.78 is 36.5. The molecule has 0 aromatic heterocycles. The predicted molar refractivity (Wildman–Crippen MR) is 91.1 cm³/mol. The Morgan fingerprint density at radius 3 is 2.38 bits per heavy atom. The molecule has 0 aliphatic carbocycles. The average Bonchev–Trinajstić information content (AvgIpc) is 2.60. The number of methoxy groups -OCH3 is 2. The summed E-state index contributed by atoms with van der Waals surface area (Å²) in [5, 5.41) is 0. The average molecular weight is 349 g/mol. The zero-order valence-electron chi connectivity index (χ0n) is 13.9. The molecule has 2 rings (SSSR count). The summed E-state index contributed by atoms with van der Waals surface area (Å²) in [6.07, 6.45) is 0. The molecule has 0 saturated carbocycles. The van der Waals surface area contributed by atoms with Crippen LogP contribution in [-0.2, 0) is 14.8 Å². The van der Waals surface area contributed by atoms with E-state index < -0.39 is 16.0 Å². The molecule has 24 heavy (non-hydrogen) atoms. The molecule has 0 aliphatic heterocycles. The molecule has 128 valence electrons. The molecule has 6 nitrogen and oxygen atoms in total. The Bertz CT molecular complexity index is 861. The zero-order chi connectivity index (χ0) is 17.9. The van der Waals surface area contributed by atoms with E-state index in [9.17, 15) is 13.2 Å². The van der Waals surface area contributed by atoms with Crippen molar-refractivity contribution in [2.24, 2.45) is 0 Å². The second-order valence-corrected chi connectivity index (χ2v) is 7.12. The number of nitrogens with zero attached hydrogens (tertiary/aromatic N) is 1. The Balaban J connectivity index is 2.42. The van der Waals surface area contributed by atoms with Crippen molar-refractivity contribution >= 4 is 21.7 Å². The van der Waals surface area contributed by atoms with E-state index in [1.165, 1.54) is 33.4 Å². The highest BCUT2D eigenvalue weighted by Crippen LogP contribution is 2.26. The Labute approximate surface area is 141 Å². The summed E-state index contributed by atoms with van der Waals surface area (Å²) in [5.74, 6) is 0.0900. The van der Waals surface area contributed by atoms with Crippen LogP contribution in [0, 0.1) is 6.92 Å². The Hall–Kier alpha value is -2.54. The lowest BCUT2D eigenvalue weighted by molar-refractivity contribution is 0.0600. The van der Waals surface area contributed by atoms with Gasteiger partial charge in [0.25, 0.3) is 10.0 Å². The molecule has 0 atom stereocenters. The number of hydrogen-bond acceptors (Lipinski definition) is 5. The van der Waals surface area contributed by atoms with Crippen molar-refractivity contribution in [2.45, 2.75) is 11.8 Å². The smallest absolute Gasteiger partial charge is 0.337 e. The molecule has 0 radical (unpaired) electrons. The molecule has 0 saturated heterocycles. The van der Waals surface area contributed by atoms with Gasteiger partial charge in [-0.1, -0.05) is 6.07 Å². The molecule has 0 fully saturated rings. The van der Waals surface area contributed by atoms with E-state index in [4.69, 9.17) is 4.74 Å².